The zero-order valence-electron chi connectivity index (χ0n) is 16.9. The zero-order chi connectivity index (χ0) is 22.2. The molecule has 0 radical (unpaired) electrons. The lowest BCUT2D eigenvalue weighted by molar-refractivity contribution is 0.0646. The number of halogens is 1. The minimum absolute atomic E-state index is 0.135. The van der Waals surface area contributed by atoms with E-state index in [2.05, 4.69) is 30.2 Å². The molecule has 1 amide bonds. The number of H-pyrrole nitrogens is 1. The molecular formula is C20H18FN9O2. The van der Waals surface area contributed by atoms with Crippen LogP contribution in [0.5, 0.6) is 0 Å². The van der Waals surface area contributed by atoms with Crippen molar-refractivity contribution in [3.63, 3.8) is 0 Å². The summed E-state index contributed by atoms with van der Waals surface area (Å²) in [7, 11) is 1.76. The van der Waals surface area contributed by atoms with Crippen molar-refractivity contribution in [3.8, 4) is 11.6 Å². The Kier molecular flexibility index (Phi) is 4.73. The molecule has 5 heterocycles. The first kappa shape index (κ1) is 19.6. The molecule has 0 spiro atoms. The summed E-state index contributed by atoms with van der Waals surface area (Å²) < 4.78 is 20.7. The highest BCUT2D eigenvalue weighted by Crippen LogP contribution is 2.33. The molecule has 0 unspecified atom stereocenters. The fourth-order valence-electron chi connectivity index (χ4n) is 3.65. The first-order valence-corrected chi connectivity index (χ1v) is 9.76. The molecule has 0 aliphatic carbocycles. The minimum atomic E-state index is -0.715. The van der Waals surface area contributed by atoms with Gasteiger partial charge in [-0.05, 0) is 24.3 Å². The number of amides is 1. The van der Waals surface area contributed by atoms with E-state index < -0.39 is 17.9 Å². The van der Waals surface area contributed by atoms with Crippen molar-refractivity contribution in [1.82, 2.24) is 39.8 Å². The Bertz CT molecular complexity index is 1320. The molecule has 0 bridgehead atoms. The molecule has 5 rings (SSSR count). The van der Waals surface area contributed by atoms with Gasteiger partial charge in [-0.25, -0.2) is 9.97 Å². The van der Waals surface area contributed by atoms with Crippen molar-refractivity contribution in [2.24, 2.45) is 12.8 Å². The number of aromatic nitrogens is 7. The van der Waals surface area contributed by atoms with Gasteiger partial charge in [0.25, 0.3) is 5.89 Å². The number of carbonyl (C=O) groups is 1. The summed E-state index contributed by atoms with van der Waals surface area (Å²) in [6, 6.07) is 5.38. The summed E-state index contributed by atoms with van der Waals surface area (Å²) in [5.74, 6) is -1.18. The molecular weight excluding hydrogens is 417 g/mol. The number of fused-ring (bicyclic) bond motifs is 1. The molecule has 1 aliphatic heterocycles. The Balaban J connectivity index is 1.49. The third kappa shape index (κ3) is 3.51. The van der Waals surface area contributed by atoms with Crippen LogP contribution in [0.25, 0.3) is 17.7 Å². The summed E-state index contributed by atoms with van der Waals surface area (Å²) >= 11 is 0. The van der Waals surface area contributed by atoms with Crippen molar-refractivity contribution < 1.29 is 13.6 Å². The number of aryl methyl sites for hydroxylation is 1. The average Bonchev–Trinajstić information content (AvgIpc) is 3.52. The average molecular weight is 435 g/mol. The van der Waals surface area contributed by atoms with Gasteiger partial charge >= 0.3 is 11.8 Å². The van der Waals surface area contributed by atoms with Gasteiger partial charge < -0.3 is 20.0 Å². The normalized spacial score (nSPS) is 16.2. The lowest BCUT2D eigenvalue weighted by atomic mass is 9.99. The Morgan fingerprint density at radius 2 is 2.22 bits per heavy atom. The summed E-state index contributed by atoms with van der Waals surface area (Å²) in [6.07, 6.45) is 5.34. The number of nitrogens with zero attached hydrogens (tertiary/aromatic N) is 7. The summed E-state index contributed by atoms with van der Waals surface area (Å²) in [5.41, 5.74) is 8.90. The van der Waals surface area contributed by atoms with Crippen LogP contribution < -0.4 is 5.73 Å². The highest BCUT2D eigenvalue weighted by Gasteiger charge is 2.37. The van der Waals surface area contributed by atoms with E-state index in [4.69, 9.17) is 10.2 Å². The maximum Gasteiger partial charge on any atom is 0.312 e. The molecule has 0 fully saturated rings. The Morgan fingerprint density at radius 3 is 3.00 bits per heavy atom. The number of hydrogen-bond acceptors (Lipinski definition) is 8. The molecule has 4 aromatic heterocycles. The molecule has 32 heavy (non-hydrogen) atoms. The molecule has 4 aromatic rings. The second-order valence-electron chi connectivity index (χ2n) is 7.23. The van der Waals surface area contributed by atoms with E-state index in [1.54, 1.807) is 36.4 Å². The predicted molar refractivity (Wildman–Crippen MR) is 109 cm³/mol. The summed E-state index contributed by atoms with van der Waals surface area (Å²) in [6.45, 7) is 0.338. The second-order valence-corrected chi connectivity index (χ2v) is 7.23. The highest BCUT2D eigenvalue weighted by molar-refractivity contribution is 5.90. The van der Waals surface area contributed by atoms with Crippen molar-refractivity contribution in [2.75, 3.05) is 6.54 Å². The standard InChI is InChI=1S/C20H18FN9O2/c1-29-7-5-14(28-29)18-26-27-19(32-18)20(31)30-8-6-13-16(24-10-23-13)17(30)12(22)9-11-3-2-4-15(21)25-11/h2-5,7,9-10,17H,6,8,22H2,1H3,(H,23,24)/b12-9-/t17-/m0/s1. The van der Waals surface area contributed by atoms with Gasteiger partial charge in [-0.15, -0.1) is 10.2 Å². The van der Waals surface area contributed by atoms with Crippen molar-refractivity contribution in [2.45, 2.75) is 12.5 Å². The molecule has 0 saturated heterocycles. The molecule has 1 aliphatic rings. The molecule has 162 valence electrons. The molecule has 11 nitrogen and oxygen atoms in total. The lowest BCUT2D eigenvalue weighted by Gasteiger charge is -2.34. The van der Waals surface area contributed by atoms with E-state index >= 15 is 0 Å². The van der Waals surface area contributed by atoms with Crippen LogP contribution in [0.3, 0.4) is 0 Å². The Labute approximate surface area is 180 Å². The predicted octanol–water partition coefficient (Wildman–Crippen LogP) is 1.47. The number of pyridine rings is 1. The van der Waals surface area contributed by atoms with Crippen LogP contribution in [0.2, 0.25) is 0 Å². The minimum Gasteiger partial charge on any atom is -0.411 e. The smallest absolute Gasteiger partial charge is 0.312 e. The highest BCUT2D eigenvalue weighted by atomic mass is 19.1. The fourth-order valence-corrected chi connectivity index (χ4v) is 3.65. The maximum atomic E-state index is 13.5. The molecule has 12 heteroatoms. The Hall–Kier alpha value is -4.35. The van der Waals surface area contributed by atoms with Crippen molar-refractivity contribution in [1.29, 1.82) is 0 Å². The topological polar surface area (TPSA) is 145 Å². The van der Waals surface area contributed by atoms with Crippen LogP contribution in [-0.2, 0) is 13.5 Å². The van der Waals surface area contributed by atoms with Gasteiger partial charge in [0.2, 0.25) is 5.95 Å². The number of nitrogens with one attached hydrogen (secondary N) is 1. The monoisotopic (exact) mass is 435 g/mol. The van der Waals surface area contributed by atoms with E-state index in [1.165, 1.54) is 23.1 Å². The van der Waals surface area contributed by atoms with Gasteiger partial charge in [-0.2, -0.15) is 9.49 Å². The fraction of sp³-hybridized carbons (Fsp3) is 0.200. The lowest BCUT2D eigenvalue weighted by Crippen LogP contribution is -2.42. The number of imidazole rings is 1. The van der Waals surface area contributed by atoms with Crippen LogP contribution in [0.15, 0.2) is 46.9 Å². The largest absolute Gasteiger partial charge is 0.411 e. The third-order valence-corrected chi connectivity index (χ3v) is 5.09. The molecule has 0 saturated carbocycles. The van der Waals surface area contributed by atoms with Gasteiger partial charge in [0, 0.05) is 37.6 Å². The third-order valence-electron chi connectivity index (χ3n) is 5.09. The first-order chi connectivity index (χ1) is 15.5. The van der Waals surface area contributed by atoms with Crippen molar-refractivity contribution >= 4 is 12.0 Å². The van der Waals surface area contributed by atoms with E-state index in [1.807, 2.05) is 0 Å². The van der Waals surface area contributed by atoms with Crippen LogP contribution in [-0.4, -0.2) is 52.3 Å². The molecule has 3 N–H and O–H groups in total. The Morgan fingerprint density at radius 1 is 1.34 bits per heavy atom. The first-order valence-electron chi connectivity index (χ1n) is 9.76. The number of nitrogens with two attached hydrogens (primary N) is 1. The van der Waals surface area contributed by atoms with Crippen molar-refractivity contribution in [3.05, 3.63) is 71.4 Å². The van der Waals surface area contributed by atoms with Crippen LogP contribution in [0, 0.1) is 5.95 Å². The van der Waals surface area contributed by atoms with Gasteiger partial charge in [-0.3, -0.25) is 9.48 Å². The van der Waals surface area contributed by atoms with Gasteiger partial charge in [-0.1, -0.05) is 6.07 Å². The number of hydrogen-bond donors (Lipinski definition) is 2. The maximum absolute atomic E-state index is 13.5. The van der Waals surface area contributed by atoms with Gasteiger partial charge in [0.1, 0.15) is 11.7 Å². The van der Waals surface area contributed by atoms with E-state index in [9.17, 15) is 9.18 Å². The second kappa shape index (κ2) is 7.72. The van der Waals surface area contributed by atoms with Gasteiger partial charge in [0.15, 0.2) is 0 Å². The number of aromatic amines is 1. The summed E-state index contributed by atoms with van der Waals surface area (Å²) in [5, 5.41) is 12.0. The zero-order valence-corrected chi connectivity index (χ0v) is 16.9. The van der Waals surface area contributed by atoms with Crippen LogP contribution in [0.4, 0.5) is 4.39 Å². The SMILES string of the molecule is Cn1ccc(-c2nnc(C(=O)N3CCc4[nH]cnc4[C@@H]3/C(N)=C/c3cccc(F)n3)o2)n1. The quantitative estimate of drug-likeness (QED) is 0.459. The van der Waals surface area contributed by atoms with Gasteiger partial charge in [0.05, 0.1) is 17.7 Å². The number of rotatable bonds is 4. The van der Waals surface area contributed by atoms with E-state index in [0.29, 0.717) is 30.0 Å². The summed E-state index contributed by atoms with van der Waals surface area (Å²) in [4.78, 5) is 26.1. The van der Waals surface area contributed by atoms with E-state index in [-0.39, 0.29) is 17.5 Å². The number of carbonyl (C=O) groups excluding carboxylic acids is 1. The molecule has 0 aromatic carbocycles. The van der Waals surface area contributed by atoms with Crippen LogP contribution in [0.1, 0.15) is 33.8 Å². The van der Waals surface area contributed by atoms with Crippen LogP contribution >= 0.6 is 0 Å². The molecule has 1 atom stereocenters. The van der Waals surface area contributed by atoms with E-state index in [0.717, 1.165) is 5.69 Å².